The van der Waals surface area contributed by atoms with Crippen LogP contribution >= 0.6 is 0 Å². The van der Waals surface area contributed by atoms with E-state index in [2.05, 4.69) is 17.1 Å². The quantitative estimate of drug-likeness (QED) is 0.758. The van der Waals surface area contributed by atoms with Crippen molar-refractivity contribution in [3.05, 3.63) is 35.4 Å². The fourth-order valence-corrected chi connectivity index (χ4v) is 2.89. The third-order valence-electron chi connectivity index (χ3n) is 4.27. The normalized spacial score (nSPS) is 19.6. The number of rotatable bonds is 7. The van der Waals surface area contributed by atoms with Crippen molar-refractivity contribution in [1.82, 2.24) is 10.2 Å². The summed E-state index contributed by atoms with van der Waals surface area (Å²) < 4.78 is 0. The number of hydrogen-bond donors (Lipinski definition) is 2. The molecule has 1 unspecified atom stereocenters. The Kier molecular flexibility index (Phi) is 6.21. The molecule has 0 spiro atoms. The minimum atomic E-state index is -0.870. The van der Waals surface area contributed by atoms with Crippen molar-refractivity contribution in [2.24, 2.45) is 0 Å². The number of carboxylic acids is 1. The minimum absolute atomic E-state index is 0.345. The zero-order valence-corrected chi connectivity index (χ0v) is 12.8. The molecule has 0 aliphatic carbocycles. The highest BCUT2D eigenvalue weighted by Gasteiger charge is 2.16. The molecule has 0 saturated carbocycles. The van der Waals surface area contributed by atoms with Crippen LogP contribution in [0.3, 0.4) is 0 Å². The van der Waals surface area contributed by atoms with Gasteiger partial charge >= 0.3 is 5.97 Å². The second-order valence-electron chi connectivity index (χ2n) is 5.91. The summed E-state index contributed by atoms with van der Waals surface area (Å²) in [6.07, 6.45) is 5.22. The summed E-state index contributed by atoms with van der Waals surface area (Å²) in [6.45, 7) is 6.56. The van der Waals surface area contributed by atoms with Gasteiger partial charge in [0.05, 0.1) is 5.56 Å². The molecule has 1 aromatic carbocycles. The van der Waals surface area contributed by atoms with E-state index in [4.69, 9.17) is 5.11 Å². The molecule has 4 nitrogen and oxygen atoms in total. The molecule has 0 aromatic heterocycles. The second-order valence-corrected chi connectivity index (χ2v) is 5.91. The molecule has 1 fully saturated rings. The predicted molar refractivity (Wildman–Crippen MR) is 84.6 cm³/mol. The van der Waals surface area contributed by atoms with E-state index in [1.807, 2.05) is 12.1 Å². The maximum Gasteiger partial charge on any atom is 0.335 e. The van der Waals surface area contributed by atoms with Crippen molar-refractivity contribution >= 4 is 5.97 Å². The molecular weight excluding hydrogens is 264 g/mol. The topological polar surface area (TPSA) is 52.6 Å². The SMILES string of the molecule is CC1CCCCN1CCCNCc1ccc(C(=O)O)cc1. The van der Waals surface area contributed by atoms with Crippen LogP contribution in [-0.2, 0) is 6.54 Å². The first kappa shape index (κ1) is 16.0. The van der Waals surface area contributed by atoms with Crippen LogP contribution in [0.2, 0.25) is 0 Å². The molecule has 1 heterocycles. The van der Waals surface area contributed by atoms with Gasteiger partial charge in [0.2, 0.25) is 0 Å². The van der Waals surface area contributed by atoms with Gasteiger partial charge in [-0.25, -0.2) is 4.79 Å². The average Bonchev–Trinajstić information content (AvgIpc) is 2.49. The van der Waals surface area contributed by atoms with Crippen LogP contribution in [0.4, 0.5) is 0 Å². The number of carboxylic acid groups (broad SMARTS) is 1. The summed E-state index contributed by atoms with van der Waals surface area (Å²) in [5, 5.41) is 12.3. The van der Waals surface area contributed by atoms with E-state index >= 15 is 0 Å². The molecule has 1 atom stereocenters. The zero-order valence-electron chi connectivity index (χ0n) is 12.8. The number of nitrogens with one attached hydrogen (secondary N) is 1. The van der Waals surface area contributed by atoms with Crippen LogP contribution in [0.15, 0.2) is 24.3 Å². The molecule has 1 aliphatic heterocycles. The summed E-state index contributed by atoms with van der Waals surface area (Å²) >= 11 is 0. The van der Waals surface area contributed by atoms with Crippen LogP contribution in [0.1, 0.15) is 48.5 Å². The van der Waals surface area contributed by atoms with Gasteiger partial charge in [0.15, 0.2) is 0 Å². The molecule has 116 valence electrons. The van der Waals surface area contributed by atoms with Crippen LogP contribution in [-0.4, -0.2) is 41.7 Å². The van der Waals surface area contributed by atoms with Gasteiger partial charge in [0, 0.05) is 12.6 Å². The van der Waals surface area contributed by atoms with Gasteiger partial charge in [-0.1, -0.05) is 18.6 Å². The van der Waals surface area contributed by atoms with E-state index in [0.717, 1.165) is 31.1 Å². The maximum atomic E-state index is 10.8. The number of carbonyl (C=O) groups is 1. The molecule has 21 heavy (non-hydrogen) atoms. The van der Waals surface area contributed by atoms with Gasteiger partial charge in [-0.3, -0.25) is 0 Å². The van der Waals surface area contributed by atoms with E-state index < -0.39 is 5.97 Å². The van der Waals surface area contributed by atoms with E-state index in [9.17, 15) is 4.79 Å². The molecule has 1 saturated heterocycles. The lowest BCUT2D eigenvalue weighted by Gasteiger charge is -2.33. The predicted octanol–water partition coefficient (Wildman–Crippen LogP) is 2.74. The highest BCUT2D eigenvalue weighted by Crippen LogP contribution is 2.16. The van der Waals surface area contributed by atoms with Crippen LogP contribution in [0.25, 0.3) is 0 Å². The number of benzene rings is 1. The van der Waals surface area contributed by atoms with Gasteiger partial charge in [0.1, 0.15) is 0 Å². The monoisotopic (exact) mass is 290 g/mol. The zero-order chi connectivity index (χ0) is 15.1. The van der Waals surface area contributed by atoms with Gasteiger partial charge in [-0.05, 0) is 63.5 Å². The molecule has 2 rings (SSSR count). The summed E-state index contributed by atoms with van der Waals surface area (Å²) in [7, 11) is 0. The highest BCUT2D eigenvalue weighted by molar-refractivity contribution is 5.87. The number of aromatic carboxylic acids is 1. The first-order valence-corrected chi connectivity index (χ1v) is 7.94. The molecule has 4 heteroatoms. The fourth-order valence-electron chi connectivity index (χ4n) is 2.89. The van der Waals surface area contributed by atoms with Gasteiger partial charge in [-0.2, -0.15) is 0 Å². The Balaban J connectivity index is 1.62. The first-order valence-electron chi connectivity index (χ1n) is 7.94. The lowest BCUT2D eigenvalue weighted by atomic mass is 10.0. The Morgan fingerprint density at radius 1 is 1.33 bits per heavy atom. The van der Waals surface area contributed by atoms with Crippen LogP contribution in [0, 0.1) is 0 Å². The van der Waals surface area contributed by atoms with E-state index in [1.165, 1.54) is 32.4 Å². The Labute approximate surface area is 127 Å². The minimum Gasteiger partial charge on any atom is -0.478 e. The van der Waals surface area contributed by atoms with Crippen molar-refractivity contribution in [2.75, 3.05) is 19.6 Å². The Morgan fingerprint density at radius 3 is 2.76 bits per heavy atom. The Bertz CT molecular complexity index is 445. The summed E-state index contributed by atoms with van der Waals surface area (Å²) in [6, 6.07) is 7.82. The van der Waals surface area contributed by atoms with Crippen molar-refractivity contribution < 1.29 is 9.90 Å². The smallest absolute Gasteiger partial charge is 0.335 e. The van der Waals surface area contributed by atoms with E-state index in [-0.39, 0.29) is 0 Å². The van der Waals surface area contributed by atoms with E-state index in [0.29, 0.717) is 5.56 Å². The van der Waals surface area contributed by atoms with Crippen molar-refractivity contribution in [3.8, 4) is 0 Å². The fraction of sp³-hybridized carbons (Fsp3) is 0.588. The number of nitrogens with zero attached hydrogens (tertiary/aromatic N) is 1. The molecule has 1 aliphatic rings. The van der Waals surface area contributed by atoms with Crippen molar-refractivity contribution in [2.45, 2.75) is 45.2 Å². The summed E-state index contributed by atoms with van der Waals surface area (Å²) in [5.74, 6) is -0.870. The maximum absolute atomic E-state index is 10.8. The second kappa shape index (κ2) is 8.15. The molecule has 0 bridgehead atoms. The van der Waals surface area contributed by atoms with Gasteiger partial charge in [-0.15, -0.1) is 0 Å². The third kappa shape index (κ3) is 5.14. The largest absolute Gasteiger partial charge is 0.478 e. The standard InChI is InChI=1S/C17H26N2O2/c1-14-5-2-3-11-19(14)12-4-10-18-13-15-6-8-16(9-7-15)17(20)21/h6-9,14,18H,2-5,10-13H2,1H3,(H,20,21). The molecule has 1 aromatic rings. The van der Waals surface area contributed by atoms with E-state index in [1.54, 1.807) is 12.1 Å². The number of likely N-dealkylation sites (tertiary alicyclic amines) is 1. The molecule has 0 radical (unpaired) electrons. The summed E-state index contributed by atoms with van der Waals surface area (Å²) in [5.41, 5.74) is 1.48. The van der Waals surface area contributed by atoms with Crippen LogP contribution in [0.5, 0.6) is 0 Å². The highest BCUT2D eigenvalue weighted by atomic mass is 16.4. The molecule has 2 N–H and O–H groups in total. The molecular formula is C17H26N2O2. The van der Waals surface area contributed by atoms with Crippen molar-refractivity contribution in [1.29, 1.82) is 0 Å². The van der Waals surface area contributed by atoms with Crippen molar-refractivity contribution in [3.63, 3.8) is 0 Å². The number of hydrogen-bond acceptors (Lipinski definition) is 3. The number of piperidine rings is 1. The first-order chi connectivity index (χ1) is 10.2. The molecule has 0 amide bonds. The van der Waals surface area contributed by atoms with Gasteiger partial charge < -0.3 is 15.3 Å². The lowest BCUT2D eigenvalue weighted by molar-refractivity contribution is 0.0697. The summed E-state index contributed by atoms with van der Waals surface area (Å²) in [4.78, 5) is 13.4. The Morgan fingerprint density at radius 2 is 2.10 bits per heavy atom. The average molecular weight is 290 g/mol. The lowest BCUT2D eigenvalue weighted by Crippen LogP contribution is -2.38. The van der Waals surface area contributed by atoms with Crippen LogP contribution < -0.4 is 5.32 Å². The third-order valence-corrected chi connectivity index (χ3v) is 4.27. The Hall–Kier alpha value is -1.39. The van der Waals surface area contributed by atoms with Gasteiger partial charge in [0.25, 0.3) is 0 Å².